The summed E-state index contributed by atoms with van der Waals surface area (Å²) in [4.78, 5) is 31.0. The monoisotopic (exact) mass is 584 g/mol. The van der Waals surface area contributed by atoms with Crippen molar-refractivity contribution in [1.29, 1.82) is 5.26 Å². The number of pyridine rings is 1. The summed E-state index contributed by atoms with van der Waals surface area (Å²) in [5.74, 6) is -4.13. The standard InChI is InChI=1S/C28H20ClF3N4O5/c1-39-26(37)22-21(15-7-4-3-5-8-15)17(14-33)24(34)36(23(22)27(38)40-2)16-10-11-20(19(29)13-16)41-25-18(28(30,31)32)9-6-12-35-25/h3-13,21H,34H2,1-2H3. The Balaban J connectivity index is 1.89. The number of carbonyl (C=O) groups is 2. The number of esters is 2. The van der Waals surface area contributed by atoms with Crippen LogP contribution in [0.4, 0.5) is 18.9 Å². The van der Waals surface area contributed by atoms with Gasteiger partial charge in [0.25, 0.3) is 0 Å². The number of nitriles is 1. The first-order valence-corrected chi connectivity index (χ1v) is 12.1. The number of hydrogen-bond donors (Lipinski definition) is 1. The number of nitrogens with zero attached hydrogens (tertiary/aromatic N) is 3. The van der Waals surface area contributed by atoms with E-state index in [-0.39, 0.29) is 39.1 Å². The predicted octanol–water partition coefficient (Wildman–Crippen LogP) is 5.44. The van der Waals surface area contributed by atoms with Gasteiger partial charge >= 0.3 is 18.1 Å². The number of rotatable bonds is 6. The number of carbonyl (C=O) groups excluding carboxylic acids is 2. The van der Waals surface area contributed by atoms with Gasteiger partial charge in [0.15, 0.2) is 0 Å². The van der Waals surface area contributed by atoms with Gasteiger partial charge in [0.05, 0.1) is 42.4 Å². The van der Waals surface area contributed by atoms with Crippen LogP contribution in [0.3, 0.4) is 0 Å². The number of allylic oxidation sites excluding steroid dienone is 1. The second kappa shape index (κ2) is 11.6. The van der Waals surface area contributed by atoms with Gasteiger partial charge in [-0.15, -0.1) is 0 Å². The van der Waals surface area contributed by atoms with E-state index in [1.807, 2.05) is 6.07 Å². The van der Waals surface area contributed by atoms with Crippen LogP contribution in [-0.2, 0) is 25.2 Å². The fourth-order valence-electron chi connectivity index (χ4n) is 4.29. The molecule has 0 saturated heterocycles. The van der Waals surface area contributed by atoms with Gasteiger partial charge in [-0.2, -0.15) is 18.4 Å². The molecule has 1 aliphatic heterocycles. The summed E-state index contributed by atoms with van der Waals surface area (Å²) in [7, 11) is 2.20. The molecule has 0 amide bonds. The van der Waals surface area contributed by atoms with Gasteiger partial charge in [-0.25, -0.2) is 14.6 Å². The molecule has 1 aromatic heterocycles. The fourth-order valence-corrected chi connectivity index (χ4v) is 4.50. The molecule has 0 saturated carbocycles. The molecule has 9 nitrogen and oxygen atoms in total. The lowest BCUT2D eigenvalue weighted by molar-refractivity contribution is -0.139. The van der Waals surface area contributed by atoms with E-state index in [1.165, 1.54) is 18.2 Å². The molecule has 2 aromatic carbocycles. The largest absolute Gasteiger partial charge is 0.466 e. The summed E-state index contributed by atoms with van der Waals surface area (Å²) in [6, 6.07) is 16.1. The SMILES string of the molecule is COC(=O)C1=C(C(=O)OC)N(c2ccc(Oc3ncccc3C(F)(F)F)c(Cl)c2)C(N)=C(C#N)C1c1ccccc1. The lowest BCUT2D eigenvalue weighted by Crippen LogP contribution is -2.40. The average molecular weight is 585 g/mol. The molecule has 0 aliphatic carbocycles. The Hall–Kier alpha value is -5.02. The topological polar surface area (TPSA) is 128 Å². The summed E-state index contributed by atoms with van der Waals surface area (Å²) >= 11 is 6.39. The first kappa shape index (κ1) is 29.0. The normalized spacial score (nSPS) is 15.3. The highest BCUT2D eigenvalue weighted by Gasteiger charge is 2.43. The van der Waals surface area contributed by atoms with Gasteiger partial charge in [-0.05, 0) is 35.9 Å². The number of benzene rings is 2. The van der Waals surface area contributed by atoms with Crippen LogP contribution in [-0.4, -0.2) is 31.1 Å². The summed E-state index contributed by atoms with van der Waals surface area (Å²) in [6.45, 7) is 0. The number of hydrogen-bond acceptors (Lipinski definition) is 9. The molecule has 4 rings (SSSR count). The maximum Gasteiger partial charge on any atom is 0.421 e. The molecular weight excluding hydrogens is 565 g/mol. The second-order valence-corrected chi connectivity index (χ2v) is 8.81. The van der Waals surface area contributed by atoms with E-state index >= 15 is 0 Å². The minimum atomic E-state index is -4.74. The number of anilines is 1. The van der Waals surface area contributed by atoms with E-state index in [0.29, 0.717) is 5.56 Å². The molecule has 1 atom stereocenters. The molecule has 0 spiro atoms. The van der Waals surface area contributed by atoms with Gasteiger partial charge in [-0.1, -0.05) is 41.9 Å². The van der Waals surface area contributed by atoms with Crippen molar-refractivity contribution in [1.82, 2.24) is 4.98 Å². The van der Waals surface area contributed by atoms with Gasteiger partial charge in [0, 0.05) is 11.9 Å². The summed E-state index contributed by atoms with van der Waals surface area (Å²) in [6.07, 6.45) is -3.61. The molecule has 1 unspecified atom stereocenters. The third-order valence-corrected chi connectivity index (χ3v) is 6.36. The van der Waals surface area contributed by atoms with Crippen LogP contribution in [0.1, 0.15) is 17.0 Å². The predicted molar refractivity (Wildman–Crippen MR) is 140 cm³/mol. The first-order chi connectivity index (χ1) is 19.5. The maximum atomic E-state index is 13.4. The maximum absolute atomic E-state index is 13.4. The number of halogens is 4. The zero-order valence-electron chi connectivity index (χ0n) is 21.4. The molecule has 3 aromatic rings. The molecule has 0 fully saturated rings. The highest BCUT2D eigenvalue weighted by Crippen LogP contribution is 2.45. The molecule has 0 bridgehead atoms. The van der Waals surface area contributed by atoms with Crippen molar-refractivity contribution in [2.24, 2.45) is 5.73 Å². The number of alkyl halides is 3. The third-order valence-electron chi connectivity index (χ3n) is 6.07. The van der Waals surface area contributed by atoms with Crippen molar-refractivity contribution >= 4 is 29.2 Å². The molecule has 0 radical (unpaired) electrons. The quantitative estimate of drug-likeness (QED) is 0.376. The lowest BCUT2D eigenvalue weighted by atomic mass is 9.81. The van der Waals surface area contributed by atoms with E-state index in [1.54, 1.807) is 30.3 Å². The van der Waals surface area contributed by atoms with Crippen LogP contribution in [0.5, 0.6) is 11.6 Å². The first-order valence-electron chi connectivity index (χ1n) is 11.7. The van der Waals surface area contributed by atoms with E-state index in [4.69, 9.17) is 31.5 Å². The van der Waals surface area contributed by atoms with Crippen LogP contribution in [0.15, 0.2) is 89.5 Å². The van der Waals surface area contributed by atoms with Crippen LogP contribution in [0, 0.1) is 11.3 Å². The zero-order valence-corrected chi connectivity index (χ0v) is 22.2. The minimum Gasteiger partial charge on any atom is -0.466 e. The Morgan fingerprint density at radius 3 is 2.32 bits per heavy atom. The Bertz CT molecular complexity index is 1620. The minimum absolute atomic E-state index is 0.0676. The van der Waals surface area contributed by atoms with Crippen molar-refractivity contribution in [2.45, 2.75) is 12.1 Å². The lowest BCUT2D eigenvalue weighted by Gasteiger charge is -2.36. The van der Waals surface area contributed by atoms with Crippen molar-refractivity contribution < 1.29 is 37.0 Å². The number of ether oxygens (including phenoxy) is 3. The van der Waals surface area contributed by atoms with Crippen molar-refractivity contribution in [2.75, 3.05) is 19.1 Å². The van der Waals surface area contributed by atoms with Crippen LogP contribution < -0.4 is 15.4 Å². The molecule has 13 heteroatoms. The van der Waals surface area contributed by atoms with Crippen molar-refractivity contribution in [3.05, 3.63) is 106 Å². The summed E-state index contributed by atoms with van der Waals surface area (Å²) in [5.41, 5.74) is 5.21. The van der Waals surface area contributed by atoms with Crippen LogP contribution >= 0.6 is 11.6 Å². The van der Waals surface area contributed by atoms with Gasteiger partial charge < -0.3 is 19.9 Å². The highest BCUT2D eigenvalue weighted by atomic mass is 35.5. The Morgan fingerprint density at radius 2 is 1.73 bits per heavy atom. The Morgan fingerprint density at radius 1 is 1.05 bits per heavy atom. The zero-order chi connectivity index (χ0) is 29.9. The van der Waals surface area contributed by atoms with Crippen LogP contribution in [0.25, 0.3) is 0 Å². The molecule has 2 N–H and O–H groups in total. The van der Waals surface area contributed by atoms with Crippen molar-refractivity contribution in [3.8, 4) is 17.7 Å². The van der Waals surface area contributed by atoms with Gasteiger partial charge in [-0.3, -0.25) is 4.90 Å². The molecule has 1 aliphatic rings. The van der Waals surface area contributed by atoms with E-state index < -0.39 is 35.5 Å². The Labute approximate surface area is 236 Å². The van der Waals surface area contributed by atoms with Gasteiger partial charge in [0.2, 0.25) is 5.88 Å². The second-order valence-electron chi connectivity index (χ2n) is 8.41. The number of nitrogens with two attached hydrogens (primary N) is 1. The highest BCUT2D eigenvalue weighted by molar-refractivity contribution is 6.32. The van der Waals surface area contributed by atoms with E-state index in [2.05, 4.69) is 4.98 Å². The molecule has 210 valence electrons. The smallest absolute Gasteiger partial charge is 0.421 e. The van der Waals surface area contributed by atoms with Gasteiger partial charge in [0.1, 0.15) is 22.8 Å². The van der Waals surface area contributed by atoms with Crippen molar-refractivity contribution in [3.63, 3.8) is 0 Å². The fraction of sp³-hybridized carbons (Fsp3) is 0.143. The molecule has 2 heterocycles. The third kappa shape index (κ3) is 5.53. The number of aromatic nitrogens is 1. The summed E-state index contributed by atoms with van der Waals surface area (Å²) < 4.78 is 55.6. The van der Waals surface area contributed by atoms with E-state index in [9.17, 15) is 28.0 Å². The molecular formula is C28H20ClF3N4O5. The number of methoxy groups -OCH3 is 2. The van der Waals surface area contributed by atoms with E-state index in [0.717, 1.165) is 37.4 Å². The Kier molecular flexibility index (Phi) is 8.21. The summed E-state index contributed by atoms with van der Waals surface area (Å²) in [5, 5.41) is 9.92. The molecule has 41 heavy (non-hydrogen) atoms. The van der Waals surface area contributed by atoms with Crippen LogP contribution in [0.2, 0.25) is 5.02 Å². The average Bonchev–Trinajstić information content (AvgIpc) is 2.96.